The average Bonchev–Trinajstić information content (AvgIpc) is 2.49. The summed E-state index contributed by atoms with van der Waals surface area (Å²) in [5, 5.41) is 18.1. The Labute approximate surface area is 129 Å². The molecule has 0 spiro atoms. The number of hydrogen-bond acceptors (Lipinski definition) is 4. The number of carbonyl (C=O) groups is 1. The molecule has 0 unspecified atom stereocenters. The lowest BCUT2D eigenvalue weighted by atomic mass is 10.2. The molecule has 0 radical (unpaired) electrons. The van der Waals surface area contributed by atoms with Crippen molar-refractivity contribution >= 4 is 21.9 Å². The molecule has 0 fully saturated rings. The van der Waals surface area contributed by atoms with E-state index >= 15 is 0 Å². The fraction of sp³-hybridized carbons (Fsp3) is 0.0667. The van der Waals surface area contributed by atoms with Gasteiger partial charge in [0.25, 0.3) is 0 Å². The number of methoxy groups -OCH3 is 1. The van der Waals surface area contributed by atoms with Crippen LogP contribution in [0.25, 0.3) is 0 Å². The van der Waals surface area contributed by atoms with E-state index in [0.717, 1.165) is 4.47 Å². The van der Waals surface area contributed by atoms with Gasteiger partial charge in [0.1, 0.15) is 11.8 Å². The van der Waals surface area contributed by atoms with Gasteiger partial charge in [0.15, 0.2) is 11.5 Å². The zero-order valence-electron chi connectivity index (χ0n) is 11.0. The number of carboxylic acids is 1. The molecular formula is C15H10BrNO4. The monoisotopic (exact) mass is 347 g/mol. The van der Waals surface area contributed by atoms with Gasteiger partial charge in [-0.3, -0.25) is 0 Å². The van der Waals surface area contributed by atoms with E-state index in [-0.39, 0.29) is 11.3 Å². The van der Waals surface area contributed by atoms with E-state index in [1.165, 1.54) is 25.3 Å². The standard InChI is InChI=1S/C15H10BrNO4/c1-20-14-7-9(15(18)19)2-4-13(14)21-12-5-3-11(16)6-10(12)8-17/h2-7H,1H3,(H,18,19). The summed E-state index contributed by atoms with van der Waals surface area (Å²) in [4.78, 5) is 10.9. The van der Waals surface area contributed by atoms with Crippen LogP contribution in [0.1, 0.15) is 15.9 Å². The van der Waals surface area contributed by atoms with Gasteiger partial charge in [0.05, 0.1) is 18.2 Å². The van der Waals surface area contributed by atoms with Crippen molar-refractivity contribution in [2.75, 3.05) is 7.11 Å². The van der Waals surface area contributed by atoms with Crippen LogP contribution in [-0.4, -0.2) is 18.2 Å². The lowest BCUT2D eigenvalue weighted by molar-refractivity contribution is 0.0696. The SMILES string of the molecule is COc1cc(C(=O)O)ccc1Oc1ccc(Br)cc1C#N. The minimum absolute atomic E-state index is 0.0931. The second-order valence-electron chi connectivity index (χ2n) is 4.03. The summed E-state index contributed by atoms with van der Waals surface area (Å²) in [5.41, 5.74) is 0.448. The van der Waals surface area contributed by atoms with E-state index in [9.17, 15) is 4.79 Å². The molecule has 0 amide bonds. The number of hydrogen-bond donors (Lipinski definition) is 1. The lowest BCUT2D eigenvalue weighted by Crippen LogP contribution is -1.98. The van der Waals surface area contributed by atoms with E-state index in [2.05, 4.69) is 15.9 Å². The third-order valence-electron chi connectivity index (χ3n) is 2.69. The molecular weight excluding hydrogens is 338 g/mol. The molecule has 21 heavy (non-hydrogen) atoms. The number of ether oxygens (including phenoxy) is 2. The van der Waals surface area contributed by atoms with Crippen molar-refractivity contribution in [1.82, 2.24) is 0 Å². The quantitative estimate of drug-likeness (QED) is 0.909. The summed E-state index contributed by atoms with van der Waals surface area (Å²) in [7, 11) is 1.42. The van der Waals surface area contributed by atoms with Gasteiger partial charge in [0, 0.05) is 4.47 Å². The molecule has 2 aromatic rings. The first kappa shape index (κ1) is 14.9. The van der Waals surface area contributed by atoms with E-state index in [1.54, 1.807) is 18.2 Å². The molecule has 5 nitrogen and oxygen atoms in total. The third kappa shape index (κ3) is 3.33. The van der Waals surface area contributed by atoms with Crippen molar-refractivity contribution in [1.29, 1.82) is 5.26 Å². The summed E-state index contributed by atoms with van der Waals surface area (Å²) in [6.45, 7) is 0. The van der Waals surface area contributed by atoms with Crippen LogP contribution < -0.4 is 9.47 Å². The Morgan fingerprint density at radius 1 is 1.19 bits per heavy atom. The normalized spacial score (nSPS) is 9.76. The van der Waals surface area contributed by atoms with Crippen LogP contribution in [-0.2, 0) is 0 Å². The number of nitrogens with zero attached hydrogens (tertiary/aromatic N) is 1. The van der Waals surface area contributed by atoms with Gasteiger partial charge < -0.3 is 14.6 Å². The van der Waals surface area contributed by atoms with Gasteiger partial charge in [-0.05, 0) is 36.4 Å². The first-order valence-corrected chi connectivity index (χ1v) is 6.63. The van der Waals surface area contributed by atoms with Crippen molar-refractivity contribution in [3.05, 3.63) is 52.0 Å². The molecule has 2 rings (SSSR count). The molecule has 6 heteroatoms. The molecule has 0 aliphatic rings. The first-order valence-electron chi connectivity index (χ1n) is 5.84. The van der Waals surface area contributed by atoms with Crippen LogP contribution >= 0.6 is 15.9 Å². The first-order chi connectivity index (χ1) is 10.0. The maximum absolute atomic E-state index is 10.9. The zero-order chi connectivity index (χ0) is 15.4. The number of rotatable bonds is 4. The maximum Gasteiger partial charge on any atom is 0.335 e. The summed E-state index contributed by atoms with van der Waals surface area (Å²) in [6, 6.07) is 11.3. The molecule has 0 heterocycles. The van der Waals surface area contributed by atoms with Crippen LogP contribution in [0.2, 0.25) is 0 Å². The molecule has 106 valence electrons. The predicted molar refractivity (Wildman–Crippen MR) is 78.9 cm³/mol. The van der Waals surface area contributed by atoms with Gasteiger partial charge in [-0.2, -0.15) is 5.26 Å². The van der Waals surface area contributed by atoms with Gasteiger partial charge in [-0.1, -0.05) is 15.9 Å². The van der Waals surface area contributed by atoms with Crippen molar-refractivity contribution in [3.63, 3.8) is 0 Å². The molecule has 0 aromatic heterocycles. The van der Waals surface area contributed by atoms with Crippen molar-refractivity contribution in [3.8, 4) is 23.3 Å². The Morgan fingerprint density at radius 2 is 1.90 bits per heavy atom. The van der Waals surface area contributed by atoms with Gasteiger partial charge in [-0.25, -0.2) is 4.79 Å². The Balaban J connectivity index is 2.40. The molecule has 0 saturated heterocycles. The van der Waals surface area contributed by atoms with Crippen molar-refractivity contribution in [2.24, 2.45) is 0 Å². The fourth-order valence-corrected chi connectivity index (χ4v) is 2.04. The van der Waals surface area contributed by atoms with Crippen LogP contribution in [0, 0.1) is 11.3 Å². The third-order valence-corrected chi connectivity index (χ3v) is 3.19. The van der Waals surface area contributed by atoms with E-state index in [4.69, 9.17) is 19.8 Å². The van der Waals surface area contributed by atoms with Crippen LogP contribution in [0.3, 0.4) is 0 Å². The fourth-order valence-electron chi connectivity index (χ4n) is 1.68. The number of nitriles is 1. The molecule has 1 N–H and O–H groups in total. The van der Waals surface area contributed by atoms with Crippen molar-refractivity contribution < 1.29 is 19.4 Å². The van der Waals surface area contributed by atoms with Gasteiger partial charge >= 0.3 is 5.97 Å². The number of benzene rings is 2. The zero-order valence-corrected chi connectivity index (χ0v) is 12.5. The predicted octanol–water partition coefficient (Wildman–Crippen LogP) is 3.82. The molecule has 2 aromatic carbocycles. The summed E-state index contributed by atoms with van der Waals surface area (Å²) in [6.07, 6.45) is 0. The van der Waals surface area contributed by atoms with E-state index in [0.29, 0.717) is 17.1 Å². The Morgan fingerprint density at radius 3 is 2.52 bits per heavy atom. The molecule has 0 aliphatic carbocycles. The highest BCUT2D eigenvalue weighted by molar-refractivity contribution is 9.10. The van der Waals surface area contributed by atoms with Crippen molar-refractivity contribution in [2.45, 2.75) is 0 Å². The molecule has 0 aliphatic heterocycles. The summed E-state index contributed by atoms with van der Waals surface area (Å²) in [5.74, 6) is -0.0775. The largest absolute Gasteiger partial charge is 0.493 e. The van der Waals surface area contributed by atoms with E-state index < -0.39 is 5.97 Å². The Bertz CT molecular complexity index is 737. The topological polar surface area (TPSA) is 79.6 Å². The highest BCUT2D eigenvalue weighted by atomic mass is 79.9. The summed E-state index contributed by atoms with van der Waals surface area (Å²) < 4.78 is 11.5. The number of aromatic carboxylic acids is 1. The van der Waals surface area contributed by atoms with Gasteiger partial charge in [0.2, 0.25) is 0 Å². The number of carboxylic acid groups (broad SMARTS) is 1. The minimum Gasteiger partial charge on any atom is -0.493 e. The summed E-state index contributed by atoms with van der Waals surface area (Å²) >= 11 is 3.28. The maximum atomic E-state index is 10.9. The molecule has 0 bridgehead atoms. The van der Waals surface area contributed by atoms with Crippen LogP contribution in [0.15, 0.2) is 40.9 Å². The second-order valence-corrected chi connectivity index (χ2v) is 4.94. The molecule has 0 saturated carbocycles. The molecule has 0 atom stereocenters. The number of halogens is 1. The average molecular weight is 348 g/mol. The minimum atomic E-state index is -1.05. The second kappa shape index (κ2) is 6.29. The van der Waals surface area contributed by atoms with Gasteiger partial charge in [-0.15, -0.1) is 0 Å². The smallest absolute Gasteiger partial charge is 0.335 e. The lowest BCUT2D eigenvalue weighted by Gasteiger charge is -2.12. The highest BCUT2D eigenvalue weighted by Gasteiger charge is 2.12. The van der Waals surface area contributed by atoms with E-state index in [1.807, 2.05) is 6.07 Å². The van der Waals surface area contributed by atoms with Crippen LogP contribution in [0.4, 0.5) is 0 Å². The Kier molecular flexibility index (Phi) is 4.45. The highest BCUT2D eigenvalue weighted by Crippen LogP contribution is 2.34. The van der Waals surface area contributed by atoms with Crippen LogP contribution in [0.5, 0.6) is 17.2 Å². The Hall–Kier alpha value is -2.52.